The van der Waals surface area contributed by atoms with Crippen molar-refractivity contribution in [1.29, 1.82) is 0 Å². The molecule has 3 N–H and O–H groups in total. The van der Waals surface area contributed by atoms with Gasteiger partial charge in [0.05, 0.1) is 16.0 Å². The average Bonchev–Trinajstić information content (AvgIpc) is 3.63. The van der Waals surface area contributed by atoms with Crippen LogP contribution in [0.2, 0.25) is 0 Å². The lowest BCUT2D eigenvalue weighted by molar-refractivity contribution is -0.144. The van der Waals surface area contributed by atoms with Crippen LogP contribution in [0, 0.1) is 18.8 Å². The molecule has 3 amide bonds. The molecular weight excluding hydrogens is 604 g/mol. The molecular formula is C35H46N4O6S. The summed E-state index contributed by atoms with van der Waals surface area (Å²) in [7, 11) is -3.90. The van der Waals surface area contributed by atoms with Gasteiger partial charge < -0.3 is 15.3 Å². The number of pyridine rings is 1. The molecule has 2 aliphatic carbocycles. The monoisotopic (exact) mass is 650 g/mol. The van der Waals surface area contributed by atoms with Gasteiger partial charge in [-0.1, -0.05) is 43.2 Å². The van der Waals surface area contributed by atoms with Crippen molar-refractivity contribution in [3.05, 3.63) is 47.7 Å². The predicted molar refractivity (Wildman–Crippen MR) is 175 cm³/mol. The van der Waals surface area contributed by atoms with Crippen LogP contribution in [-0.2, 0) is 30.8 Å². The highest BCUT2D eigenvalue weighted by atomic mass is 32.2. The summed E-state index contributed by atoms with van der Waals surface area (Å²) >= 11 is 0. The summed E-state index contributed by atoms with van der Waals surface area (Å²) in [5, 5.41) is 14.8. The first-order valence-corrected chi connectivity index (χ1v) is 18.3. The van der Waals surface area contributed by atoms with Crippen LogP contribution in [-0.4, -0.2) is 64.0 Å². The predicted octanol–water partition coefficient (Wildman–Crippen LogP) is 4.57. The molecule has 3 heterocycles. The van der Waals surface area contributed by atoms with E-state index in [1.165, 1.54) is 0 Å². The molecule has 11 heteroatoms. The van der Waals surface area contributed by atoms with Gasteiger partial charge in [-0.05, 0) is 90.0 Å². The summed E-state index contributed by atoms with van der Waals surface area (Å²) in [6, 6.07) is 6.94. The van der Waals surface area contributed by atoms with Crippen molar-refractivity contribution in [2.45, 2.75) is 114 Å². The molecule has 4 aliphatic rings. The summed E-state index contributed by atoms with van der Waals surface area (Å²) in [5.41, 5.74) is 0.797. The van der Waals surface area contributed by atoms with Crippen molar-refractivity contribution in [1.82, 2.24) is 19.9 Å². The Bertz CT molecular complexity index is 1670. The van der Waals surface area contributed by atoms with E-state index in [-0.39, 0.29) is 23.5 Å². The van der Waals surface area contributed by atoms with Crippen LogP contribution < -0.4 is 10.0 Å². The zero-order valence-corrected chi connectivity index (χ0v) is 27.7. The minimum absolute atomic E-state index is 0.00210. The van der Waals surface area contributed by atoms with Crippen molar-refractivity contribution in [2.24, 2.45) is 11.8 Å². The van der Waals surface area contributed by atoms with Crippen LogP contribution in [0.15, 0.2) is 36.4 Å². The lowest BCUT2D eigenvalue weighted by Gasteiger charge is -2.47. The largest absolute Gasteiger partial charge is 0.506 e. The van der Waals surface area contributed by atoms with Crippen molar-refractivity contribution >= 4 is 38.6 Å². The first-order valence-electron chi connectivity index (χ1n) is 16.9. The summed E-state index contributed by atoms with van der Waals surface area (Å²) in [6.07, 6.45) is 12.4. The topological polar surface area (TPSA) is 146 Å². The lowest BCUT2D eigenvalue weighted by Crippen LogP contribution is -2.70. The van der Waals surface area contributed by atoms with Crippen molar-refractivity contribution < 1.29 is 27.9 Å². The molecule has 10 nitrogen and oxygen atoms in total. The molecule has 1 aromatic carbocycles. The fourth-order valence-electron chi connectivity index (χ4n) is 7.40. The van der Waals surface area contributed by atoms with Gasteiger partial charge in [0.1, 0.15) is 17.3 Å². The Morgan fingerprint density at radius 2 is 1.89 bits per heavy atom. The Morgan fingerprint density at radius 3 is 2.63 bits per heavy atom. The zero-order valence-electron chi connectivity index (χ0n) is 26.9. The molecule has 0 bridgehead atoms. The minimum Gasteiger partial charge on any atom is -0.506 e. The quantitative estimate of drug-likeness (QED) is 0.388. The number of carbonyl (C=O) groups is 3. The first-order chi connectivity index (χ1) is 21.9. The number of aromatic nitrogens is 1. The van der Waals surface area contributed by atoms with Crippen LogP contribution in [0.1, 0.15) is 95.2 Å². The second-order valence-corrected chi connectivity index (χ2v) is 16.3. The van der Waals surface area contributed by atoms with E-state index in [4.69, 9.17) is 0 Å². The van der Waals surface area contributed by atoms with Gasteiger partial charge in [0.25, 0.3) is 5.91 Å². The fourth-order valence-corrected chi connectivity index (χ4v) is 8.71. The van der Waals surface area contributed by atoms with Crippen LogP contribution in [0.3, 0.4) is 0 Å². The number of carbonyl (C=O) groups excluding carboxylic acids is 3. The average molecular weight is 651 g/mol. The molecule has 3 fully saturated rings. The number of hydrogen-bond acceptors (Lipinski definition) is 7. The number of nitrogens with one attached hydrogen (secondary N) is 2. The Labute approximate surface area is 271 Å². The van der Waals surface area contributed by atoms with Crippen LogP contribution in [0.25, 0.3) is 10.9 Å². The molecule has 46 heavy (non-hydrogen) atoms. The molecule has 2 aromatic rings. The summed E-state index contributed by atoms with van der Waals surface area (Å²) in [4.78, 5) is 47.7. The fraction of sp³-hybridized carbons (Fsp3) is 0.600. The molecule has 248 valence electrons. The summed E-state index contributed by atoms with van der Waals surface area (Å²) in [5.74, 6) is -1.34. The van der Waals surface area contributed by atoms with Crippen molar-refractivity contribution in [3.63, 3.8) is 0 Å². The molecule has 1 aromatic heterocycles. The van der Waals surface area contributed by atoms with Gasteiger partial charge in [-0.25, -0.2) is 13.4 Å². The van der Waals surface area contributed by atoms with E-state index in [0.717, 1.165) is 48.6 Å². The van der Waals surface area contributed by atoms with Crippen LogP contribution in [0.5, 0.6) is 5.75 Å². The maximum absolute atomic E-state index is 14.1. The highest BCUT2D eigenvalue weighted by Gasteiger charge is 2.58. The third-order valence-electron chi connectivity index (χ3n) is 10.9. The van der Waals surface area contributed by atoms with Gasteiger partial charge >= 0.3 is 0 Å². The molecule has 2 aliphatic heterocycles. The molecule has 1 saturated heterocycles. The maximum atomic E-state index is 14.1. The number of nitrogens with zero attached hydrogens (tertiary/aromatic N) is 2. The van der Waals surface area contributed by atoms with Crippen LogP contribution in [0.4, 0.5) is 0 Å². The van der Waals surface area contributed by atoms with E-state index < -0.39 is 38.2 Å². The number of hydrogen-bond donors (Lipinski definition) is 3. The second-order valence-electron chi connectivity index (χ2n) is 14.1. The second kappa shape index (κ2) is 12.6. The Kier molecular flexibility index (Phi) is 8.91. The normalized spacial score (nSPS) is 28.3. The van der Waals surface area contributed by atoms with E-state index in [9.17, 15) is 27.9 Å². The number of sulfonamides is 1. The Morgan fingerprint density at radius 1 is 1.13 bits per heavy atom. The zero-order chi connectivity index (χ0) is 32.7. The smallest absolute Gasteiger partial charge is 0.259 e. The summed E-state index contributed by atoms with van der Waals surface area (Å²) in [6.45, 7) is 3.83. The third-order valence-corrected chi connectivity index (χ3v) is 13.1. The summed E-state index contributed by atoms with van der Waals surface area (Å²) < 4.78 is 27.5. The maximum Gasteiger partial charge on any atom is 0.259 e. The Balaban J connectivity index is 1.25. The molecule has 6 rings (SSSR count). The molecule has 2 saturated carbocycles. The number of fused-ring (bicyclic) bond motifs is 3. The molecule has 4 atom stereocenters. The van der Waals surface area contributed by atoms with Crippen molar-refractivity contribution in [3.8, 4) is 5.75 Å². The van der Waals surface area contributed by atoms with Gasteiger partial charge in [0.2, 0.25) is 21.8 Å². The number of rotatable bonds is 6. The van der Waals surface area contributed by atoms with E-state index in [1.54, 1.807) is 18.7 Å². The van der Waals surface area contributed by atoms with Crippen molar-refractivity contribution in [2.75, 3.05) is 6.54 Å². The molecule has 0 spiro atoms. The van der Waals surface area contributed by atoms with E-state index in [2.05, 4.69) is 15.0 Å². The standard InChI is InChI=1S/C35H46N4O6S/c1-23-31(41)27(26-12-9-10-13-28(26)36-23)16-15-24-21-29-32(42)37-35(33(43)38-46(44,45)34(2)19-20-34)18-17-25(35)11-7-5-3-4-6-8-14-30(40)39(29)22-24/h7,9-13,24-25,29,41H,3-6,8,14-22H2,1-2H3,(H,37,42)(H,38,43). The van der Waals surface area contributed by atoms with Gasteiger partial charge in [0.15, 0.2) is 0 Å². The SMILES string of the molecule is Cc1nc2ccccc2c(CCC2CC3C(=O)NC4(C(=O)NS(=O)(=O)C5(C)CC5)CCC4C=CCCCCCCC(=O)N3C2)c1O. The minimum atomic E-state index is -3.90. The number of amides is 3. The number of aromatic hydroxyl groups is 1. The van der Waals surface area contributed by atoms with Gasteiger partial charge in [-0.2, -0.15) is 0 Å². The number of benzene rings is 1. The highest BCUT2D eigenvalue weighted by Crippen LogP contribution is 2.45. The Hall–Kier alpha value is -3.47. The van der Waals surface area contributed by atoms with Crippen LogP contribution >= 0.6 is 0 Å². The van der Waals surface area contributed by atoms with E-state index in [0.29, 0.717) is 63.6 Å². The van der Waals surface area contributed by atoms with E-state index in [1.807, 2.05) is 36.4 Å². The van der Waals surface area contributed by atoms with Gasteiger partial charge in [-0.15, -0.1) is 0 Å². The third kappa shape index (κ3) is 6.14. The lowest BCUT2D eigenvalue weighted by atomic mass is 9.65. The number of para-hydroxylation sites is 1. The first kappa shape index (κ1) is 32.5. The molecule has 0 radical (unpaired) electrons. The van der Waals surface area contributed by atoms with E-state index >= 15 is 0 Å². The number of allylic oxidation sites excluding steroid dienone is 1. The highest BCUT2D eigenvalue weighted by molar-refractivity contribution is 7.91. The van der Waals surface area contributed by atoms with Gasteiger partial charge in [0, 0.05) is 29.8 Å². The number of aryl methyl sites for hydroxylation is 2. The molecule has 4 unspecified atom stereocenters. The van der Waals surface area contributed by atoms with Gasteiger partial charge in [-0.3, -0.25) is 19.1 Å².